The molecule has 0 aromatic heterocycles. The number of nitrogens with one attached hydrogen (secondary N) is 2. The van der Waals surface area contributed by atoms with Crippen molar-refractivity contribution in [1.82, 2.24) is 10.6 Å². The Kier molecular flexibility index (Phi) is 3.17. The Morgan fingerprint density at radius 1 is 1.56 bits per heavy atom. The second-order valence-electron chi connectivity index (χ2n) is 4.45. The highest BCUT2D eigenvalue weighted by Gasteiger charge is 2.30. The van der Waals surface area contributed by atoms with E-state index in [2.05, 4.69) is 17.6 Å². The van der Waals surface area contributed by atoms with E-state index >= 15 is 0 Å². The largest absolute Gasteiger partial charge is 0.346 e. The van der Waals surface area contributed by atoms with Gasteiger partial charge in [-0.25, -0.2) is 0 Å². The molecule has 1 unspecified atom stereocenters. The minimum Gasteiger partial charge on any atom is -0.346 e. The van der Waals surface area contributed by atoms with Crippen LogP contribution in [0.5, 0.6) is 0 Å². The minimum absolute atomic E-state index is 0.0614. The lowest BCUT2D eigenvalue weighted by Gasteiger charge is -2.24. The molecule has 2 N–H and O–H groups in total. The summed E-state index contributed by atoms with van der Waals surface area (Å²) in [5.41, 5.74) is 0.472. The Bertz CT molecular complexity index is 400. The van der Waals surface area contributed by atoms with Crippen molar-refractivity contribution in [2.45, 2.75) is 18.9 Å². The fraction of sp³-hybridized carbons (Fsp3) is 0.417. The number of carbonyl (C=O) groups is 1. The average Bonchev–Trinajstić information content (AvgIpc) is 2.65. The van der Waals surface area contributed by atoms with Gasteiger partial charge in [0.15, 0.2) is 0 Å². The summed E-state index contributed by atoms with van der Waals surface area (Å²) in [6.45, 7) is 3.82. The maximum atomic E-state index is 12.0. The quantitative estimate of drug-likeness (QED) is 0.825. The number of rotatable bonds is 2. The molecule has 0 bridgehead atoms. The van der Waals surface area contributed by atoms with Gasteiger partial charge in [-0.05, 0) is 38.1 Å². The average molecular weight is 239 g/mol. The van der Waals surface area contributed by atoms with E-state index in [4.69, 9.17) is 11.6 Å². The van der Waals surface area contributed by atoms with Crippen LogP contribution < -0.4 is 10.6 Å². The molecule has 2 rings (SSSR count). The maximum absolute atomic E-state index is 12.0. The number of carbonyl (C=O) groups excluding carboxylic acids is 1. The zero-order chi connectivity index (χ0) is 11.6. The van der Waals surface area contributed by atoms with Crippen LogP contribution in [0.1, 0.15) is 23.7 Å². The normalized spacial score (nSPS) is 24.4. The highest BCUT2D eigenvalue weighted by Crippen LogP contribution is 2.16. The van der Waals surface area contributed by atoms with Crippen LogP contribution >= 0.6 is 11.6 Å². The van der Waals surface area contributed by atoms with Crippen LogP contribution in [0.25, 0.3) is 0 Å². The summed E-state index contributed by atoms with van der Waals surface area (Å²) in [7, 11) is 0. The summed E-state index contributed by atoms with van der Waals surface area (Å²) in [5.74, 6) is -0.0614. The van der Waals surface area contributed by atoms with Crippen LogP contribution in [-0.2, 0) is 0 Å². The molecule has 1 aliphatic heterocycles. The standard InChI is InChI=1S/C12H15ClN2O/c1-12(5-6-14-8-12)15-11(16)9-3-2-4-10(13)7-9/h2-4,7,14H,5-6,8H2,1H3,(H,15,16). The summed E-state index contributed by atoms with van der Waals surface area (Å²) in [6, 6.07) is 7.00. The second-order valence-corrected chi connectivity index (χ2v) is 4.89. The first kappa shape index (κ1) is 11.4. The molecule has 1 atom stereocenters. The van der Waals surface area contributed by atoms with Gasteiger partial charge in [-0.2, -0.15) is 0 Å². The van der Waals surface area contributed by atoms with Crippen LogP contribution in [0.15, 0.2) is 24.3 Å². The van der Waals surface area contributed by atoms with Crippen molar-refractivity contribution in [2.24, 2.45) is 0 Å². The molecule has 0 saturated carbocycles. The number of benzene rings is 1. The van der Waals surface area contributed by atoms with Crippen LogP contribution in [0.4, 0.5) is 0 Å². The lowest BCUT2D eigenvalue weighted by Crippen LogP contribution is -2.47. The Morgan fingerprint density at radius 2 is 2.38 bits per heavy atom. The van der Waals surface area contributed by atoms with E-state index in [9.17, 15) is 4.79 Å². The lowest BCUT2D eigenvalue weighted by atomic mass is 10.0. The molecule has 0 radical (unpaired) electrons. The first-order valence-corrected chi connectivity index (χ1v) is 5.76. The molecule has 3 nitrogen and oxygen atoms in total. The number of amides is 1. The van der Waals surface area contributed by atoms with Crippen molar-refractivity contribution < 1.29 is 4.79 Å². The zero-order valence-corrected chi connectivity index (χ0v) is 9.97. The van der Waals surface area contributed by atoms with Gasteiger partial charge in [0, 0.05) is 17.1 Å². The van der Waals surface area contributed by atoms with Crippen LogP contribution in [-0.4, -0.2) is 24.5 Å². The zero-order valence-electron chi connectivity index (χ0n) is 9.22. The molecule has 1 heterocycles. The van der Waals surface area contributed by atoms with Crippen molar-refractivity contribution in [3.05, 3.63) is 34.9 Å². The first-order chi connectivity index (χ1) is 7.59. The molecule has 86 valence electrons. The van der Waals surface area contributed by atoms with Crippen molar-refractivity contribution in [3.8, 4) is 0 Å². The van der Waals surface area contributed by atoms with Gasteiger partial charge in [-0.1, -0.05) is 17.7 Å². The summed E-state index contributed by atoms with van der Waals surface area (Å²) >= 11 is 5.85. The third-order valence-electron chi connectivity index (χ3n) is 2.87. The molecule has 1 aromatic rings. The minimum atomic E-state index is -0.139. The highest BCUT2D eigenvalue weighted by atomic mass is 35.5. The SMILES string of the molecule is CC1(NC(=O)c2cccc(Cl)c2)CCNC1. The third kappa shape index (κ3) is 2.54. The van der Waals surface area contributed by atoms with Gasteiger partial charge < -0.3 is 10.6 Å². The lowest BCUT2D eigenvalue weighted by molar-refractivity contribution is 0.0913. The second kappa shape index (κ2) is 4.44. The van der Waals surface area contributed by atoms with Gasteiger partial charge in [-0.15, -0.1) is 0 Å². The van der Waals surface area contributed by atoms with Crippen molar-refractivity contribution in [2.75, 3.05) is 13.1 Å². The van der Waals surface area contributed by atoms with E-state index < -0.39 is 0 Å². The molecule has 0 aliphatic carbocycles. The Balaban J connectivity index is 2.08. The Labute approximate surface area is 100 Å². The molecule has 1 fully saturated rings. The van der Waals surface area contributed by atoms with E-state index in [0.717, 1.165) is 19.5 Å². The van der Waals surface area contributed by atoms with E-state index in [0.29, 0.717) is 10.6 Å². The number of halogens is 1. The van der Waals surface area contributed by atoms with Gasteiger partial charge >= 0.3 is 0 Å². The fourth-order valence-corrected chi connectivity index (χ4v) is 2.09. The first-order valence-electron chi connectivity index (χ1n) is 5.38. The monoisotopic (exact) mass is 238 g/mol. The molecule has 4 heteroatoms. The van der Waals surface area contributed by atoms with E-state index in [1.54, 1.807) is 24.3 Å². The van der Waals surface area contributed by atoms with Gasteiger partial charge in [0.05, 0.1) is 5.54 Å². The molecule has 16 heavy (non-hydrogen) atoms. The van der Waals surface area contributed by atoms with Gasteiger partial charge in [0.2, 0.25) is 0 Å². The Morgan fingerprint density at radius 3 is 3.00 bits per heavy atom. The molecule has 1 aromatic carbocycles. The third-order valence-corrected chi connectivity index (χ3v) is 3.11. The highest BCUT2D eigenvalue weighted by molar-refractivity contribution is 6.30. The van der Waals surface area contributed by atoms with Crippen molar-refractivity contribution in [3.63, 3.8) is 0 Å². The van der Waals surface area contributed by atoms with Crippen LogP contribution in [0.3, 0.4) is 0 Å². The number of hydrogen-bond acceptors (Lipinski definition) is 2. The summed E-state index contributed by atoms with van der Waals surface area (Å²) < 4.78 is 0. The van der Waals surface area contributed by atoms with Gasteiger partial charge in [0.1, 0.15) is 0 Å². The maximum Gasteiger partial charge on any atom is 0.251 e. The van der Waals surface area contributed by atoms with Gasteiger partial charge in [0.25, 0.3) is 5.91 Å². The van der Waals surface area contributed by atoms with Crippen molar-refractivity contribution in [1.29, 1.82) is 0 Å². The predicted octanol–water partition coefficient (Wildman–Crippen LogP) is 1.82. The van der Waals surface area contributed by atoms with Crippen LogP contribution in [0, 0.1) is 0 Å². The topological polar surface area (TPSA) is 41.1 Å². The predicted molar refractivity (Wildman–Crippen MR) is 64.8 cm³/mol. The molecule has 1 aliphatic rings. The van der Waals surface area contributed by atoms with E-state index in [-0.39, 0.29) is 11.4 Å². The van der Waals surface area contributed by atoms with E-state index in [1.807, 2.05) is 0 Å². The summed E-state index contributed by atoms with van der Waals surface area (Å²) in [4.78, 5) is 12.0. The molecule has 0 spiro atoms. The fourth-order valence-electron chi connectivity index (χ4n) is 1.90. The van der Waals surface area contributed by atoms with Crippen molar-refractivity contribution >= 4 is 17.5 Å². The molecule has 1 saturated heterocycles. The summed E-state index contributed by atoms with van der Waals surface area (Å²) in [5, 5.41) is 6.86. The number of hydrogen-bond donors (Lipinski definition) is 2. The molecular weight excluding hydrogens is 224 g/mol. The Hall–Kier alpha value is -1.06. The smallest absolute Gasteiger partial charge is 0.251 e. The van der Waals surface area contributed by atoms with E-state index in [1.165, 1.54) is 0 Å². The summed E-state index contributed by atoms with van der Waals surface area (Å²) in [6.07, 6.45) is 0.958. The van der Waals surface area contributed by atoms with Crippen LogP contribution in [0.2, 0.25) is 5.02 Å². The molecular formula is C12H15ClN2O. The molecule has 1 amide bonds. The van der Waals surface area contributed by atoms with Gasteiger partial charge in [-0.3, -0.25) is 4.79 Å².